The highest BCUT2D eigenvalue weighted by Crippen LogP contribution is 2.24. The van der Waals surface area contributed by atoms with Crippen LogP contribution >= 0.6 is 23.2 Å². The highest BCUT2D eigenvalue weighted by Gasteiger charge is 2.15. The number of esters is 1. The van der Waals surface area contributed by atoms with Crippen molar-refractivity contribution in [1.82, 2.24) is 0 Å². The minimum absolute atomic E-state index is 0.0500. The molecular weight excluding hydrogens is 347 g/mol. The Labute approximate surface area is 150 Å². The molecule has 0 aromatic heterocycles. The third-order valence-electron chi connectivity index (χ3n) is 4.12. The lowest BCUT2D eigenvalue weighted by Crippen LogP contribution is -2.16. The minimum Gasteiger partial charge on any atom is -0.457 e. The molecule has 5 heteroatoms. The molecule has 0 radical (unpaired) electrons. The molecule has 1 aliphatic carbocycles. The van der Waals surface area contributed by atoms with Crippen LogP contribution in [-0.4, -0.2) is 18.4 Å². The van der Waals surface area contributed by atoms with Gasteiger partial charge in [-0.1, -0.05) is 41.4 Å². The van der Waals surface area contributed by atoms with Crippen LogP contribution in [0.3, 0.4) is 0 Å². The van der Waals surface area contributed by atoms with Crippen molar-refractivity contribution < 1.29 is 14.3 Å². The number of ketones is 1. The zero-order valence-corrected chi connectivity index (χ0v) is 14.5. The second kappa shape index (κ2) is 7.37. The van der Waals surface area contributed by atoms with E-state index in [9.17, 15) is 9.59 Å². The number of fused-ring (bicyclic) bond motifs is 1. The number of Topliss-reactive ketones (excluding diaryl/α,β-unsaturated/α-hetero) is 1. The second-order valence-corrected chi connectivity index (χ2v) is 6.66. The Hall–Kier alpha value is -1.84. The van der Waals surface area contributed by atoms with Gasteiger partial charge in [0.15, 0.2) is 12.4 Å². The summed E-state index contributed by atoms with van der Waals surface area (Å²) in [6.07, 6.45) is 3.26. The Kier molecular flexibility index (Phi) is 5.22. The monoisotopic (exact) mass is 362 g/mol. The van der Waals surface area contributed by atoms with Gasteiger partial charge in [-0.2, -0.15) is 0 Å². The summed E-state index contributed by atoms with van der Waals surface area (Å²) in [7, 11) is 0. The predicted octanol–water partition coefficient (Wildman–Crippen LogP) is 4.45. The molecule has 0 fully saturated rings. The highest BCUT2D eigenvalue weighted by atomic mass is 35.5. The van der Waals surface area contributed by atoms with E-state index in [0.717, 1.165) is 19.3 Å². The van der Waals surface area contributed by atoms with E-state index < -0.39 is 5.97 Å². The van der Waals surface area contributed by atoms with E-state index in [-0.39, 0.29) is 18.8 Å². The van der Waals surface area contributed by atoms with Crippen molar-refractivity contribution in [1.29, 1.82) is 0 Å². The molecule has 24 heavy (non-hydrogen) atoms. The Bertz CT molecular complexity index is 799. The Morgan fingerprint density at radius 1 is 0.958 bits per heavy atom. The summed E-state index contributed by atoms with van der Waals surface area (Å²) < 4.78 is 5.09. The quantitative estimate of drug-likeness (QED) is 0.582. The average molecular weight is 363 g/mol. The number of halogens is 2. The zero-order chi connectivity index (χ0) is 17.1. The molecular formula is C19H16Cl2O3. The van der Waals surface area contributed by atoms with E-state index in [2.05, 4.69) is 0 Å². The molecule has 3 nitrogen and oxygen atoms in total. The van der Waals surface area contributed by atoms with Gasteiger partial charge in [0.1, 0.15) is 0 Å². The fraction of sp³-hybridized carbons (Fsp3) is 0.263. The van der Waals surface area contributed by atoms with Gasteiger partial charge in [0.2, 0.25) is 0 Å². The number of aryl methyl sites for hydroxylation is 2. The maximum Gasteiger partial charge on any atom is 0.310 e. The van der Waals surface area contributed by atoms with Crippen molar-refractivity contribution >= 4 is 35.0 Å². The van der Waals surface area contributed by atoms with Crippen LogP contribution in [0.25, 0.3) is 0 Å². The van der Waals surface area contributed by atoms with E-state index in [1.54, 1.807) is 24.3 Å². The van der Waals surface area contributed by atoms with E-state index >= 15 is 0 Å². The van der Waals surface area contributed by atoms with Gasteiger partial charge in [0.05, 0.1) is 16.5 Å². The molecule has 0 saturated heterocycles. The summed E-state index contributed by atoms with van der Waals surface area (Å²) in [6.45, 7) is -0.251. The topological polar surface area (TPSA) is 43.4 Å². The minimum atomic E-state index is -0.470. The molecule has 2 aromatic rings. The third-order valence-corrected chi connectivity index (χ3v) is 4.86. The summed E-state index contributed by atoms with van der Waals surface area (Å²) in [4.78, 5) is 24.1. The van der Waals surface area contributed by atoms with Gasteiger partial charge in [-0.3, -0.25) is 9.59 Å². The van der Waals surface area contributed by atoms with E-state index in [0.29, 0.717) is 21.2 Å². The smallest absolute Gasteiger partial charge is 0.310 e. The highest BCUT2D eigenvalue weighted by molar-refractivity contribution is 6.42. The molecule has 0 spiro atoms. The summed E-state index contributed by atoms with van der Waals surface area (Å²) in [5.74, 6) is -0.657. The molecule has 1 aliphatic rings. The number of benzene rings is 2. The molecule has 0 N–H and O–H groups in total. The van der Waals surface area contributed by atoms with Crippen LogP contribution in [-0.2, 0) is 28.8 Å². The van der Waals surface area contributed by atoms with Crippen LogP contribution in [0.2, 0.25) is 10.0 Å². The molecule has 0 heterocycles. The van der Waals surface area contributed by atoms with Gasteiger partial charge >= 0.3 is 5.97 Å². The fourth-order valence-electron chi connectivity index (χ4n) is 2.84. The van der Waals surface area contributed by atoms with E-state index in [1.807, 2.05) is 12.1 Å². The van der Waals surface area contributed by atoms with Gasteiger partial charge in [-0.05, 0) is 54.2 Å². The molecule has 0 atom stereocenters. The maximum atomic E-state index is 12.2. The number of hydrogen-bond acceptors (Lipinski definition) is 3. The number of hydrogen-bond donors (Lipinski definition) is 0. The number of rotatable bonds is 5. The van der Waals surface area contributed by atoms with Crippen LogP contribution in [0.4, 0.5) is 0 Å². The second-order valence-electron chi connectivity index (χ2n) is 5.85. The van der Waals surface area contributed by atoms with Gasteiger partial charge < -0.3 is 4.74 Å². The molecule has 0 bridgehead atoms. The van der Waals surface area contributed by atoms with Crippen LogP contribution in [0.5, 0.6) is 0 Å². The fourth-order valence-corrected chi connectivity index (χ4v) is 3.16. The summed E-state index contributed by atoms with van der Waals surface area (Å²) >= 11 is 11.7. The van der Waals surface area contributed by atoms with Gasteiger partial charge in [0, 0.05) is 5.56 Å². The first-order chi connectivity index (χ1) is 11.5. The van der Waals surface area contributed by atoms with E-state index in [1.165, 1.54) is 11.1 Å². The molecule has 0 aliphatic heterocycles. The molecule has 3 rings (SSSR count). The number of carbonyl (C=O) groups is 2. The molecule has 0 saturated carbocycles. The Morgan fingerprint density at radius 3 is 2.54 bits per heavy atom. The van der Waals surface area contributed by atoms with Crippen molar-refractivity contribution in [3.63, 3.8) is 0 Å². The average Bonchev–Trinajstić information content (AvgIpc) is 3.03. The summed E-state index contributed by atoms with van der Waals surface area (Å²) in [6, 6.07) is 10.7. The lowest BCUT2D eigenvalue weighted by Gasteiger charge is -2.07. The van der Waals surface area contributed by atoms with Crippen molar-refractivity contribution in [3.8, 4) is 0 Å². The molecule has 0 amide bonds. The number of ether oxygens (including phenoxy) is 1. The van der Waals surface area contributed by atoms with Crippen LogP contribution in [0.15, 0.2) is 36.4 Å². The van der Waals surface area contributed by atoms with Crippen molar-refractivity contribution in [2.24, 2.45) is 0 Å². The molecule has 124 valence electrons. The Morgan fingerprint density at radius 2 is 1.75 bits per heavy atom. The van der Waals surface area contributed by atoms with Crippen LogP contribution < -0.4 is 0 Å². The first kappa shape index (κ1) is 17.0. The zero-order valence-electron chi connectivity index (χ0n) is 13.0. The SMILES string of the molecule is O=C(Cc1ccc(Cl)c(Cl)c1)OCC(=O)c1ccc2c(c1)CCC2. The standard InChI is InChI=1S/C19H16Cl2O3/c20-16-7-4-12(8-17(16)21)9-19(23)24-11-18(22)15-6-5-13-2-1-3-14(13)10-15/h4-8,10H,1-3,9,11H2. The summed E-state index contributed by atoms with van der Waals surface area (Å²) in [5, 5.41) is 0.816. The lowest BCUT2D eigenvalue weighted by atomic mass is 10.0. The first-order valence-electron chi connectivity index (χ1n) is 7.77. The van der Waals surface area contributed by atoms with Gasteiger partial charge in [-0.25, -0.2) is 0 Å². The van der Waals surface area contributed by atoms with Crippen molar-refractivity contribution in [2.45, 2.75) is 25.7 Å². The van der Waals surface area contributed by atoms with Crippen molar-refractivity contribution in [2.75, 3.05) is 6.61 Å². The van der Waals surface area contributed by atoms with Gasteiger partial charge in [0.25, 0.3) is 0 Å². The number of carbonyl (C=O) groups excluding carboxylic acids is 2. The van der Waals surface area contributed by atoms with Crippen molar-refractivity contribution in [3.05, 3.63) is 68.7 Å². The van der Waals surface area contributed by atoms with Crippen LogP contribution in [0, 0.1) is 0 Å². The normalized spacial score (nSPS) is 12.8. The molecule has 2 aromatic carbocycles. The largest absolute Gasteiger partial charge is 0.457 e. The lowest BCUT2D eigenvalue weighted by molar-refractivity contribution is -0.141. The Balaban J connectivity index is 1.55. The maximum absolute atomic E-state index is 12.2. The summed E-state index contributed by atoms with van der Waals surface area (Å²) in [5.41, 5.74) is 3.82. The predicted molar refractivity (Wildman–Crippen MR) is 93.9 cm³/mol. The van der Waals surface area contributed by atoms with E-state index in [4.69, 9.17) is 27.9 Å². The van der Waals surface area contributed by atoms with Crippen LogP contribution in [0.1, 0.15) is 33.5 Å². The first-order valence-corrected chi connectivity index (χ1v) is 8.53. The third kappa shape index (κ3) is 3.97. The molecule has 0 unspecified atom stereocenters. The van der Waals surface area contributed by atoms with Gasteiger partial charge in [-0.15, -0.1) is 0 Å².